The third kappa shape index (κ3) is 2.66. The number of hydrogen-bond acceptors (Lipinski definition) is 3. The number of amides is 1. The van der Waals surface area contributed by atoms with Gasteiger partial charge in [-0.1, -0.05) is 32.1 Å². The molecule has 0 spiro atoms. The van der Waals surface area contributed by atoms with E-state index >= 15 is 0 Å². The molecule has 156 valence electrons. The normalized spacial score (nSPS) is 15.9. The van der Waals surface area contributed by atoms with Crippen LogP contribution < -0.4 is 11.1 Å². The van der Waals surface area contributed by atoms with E-state index in [1.165, 1.54) is 5.57 Å². The van der Waals surface area contributed by atoms with Crippen LogP contribution in [-0.2, 0) is 0 Å². The second-order valence-corrected chi connectivity index (χ2v) is 8.98. The molecule has 0 saturated carbocycles. The van der Waals surface area contributed by atoms with Crippen molar-refractivity contribution in [3.05, 3.63) is 74.3 Å². The molecule has 0 saturated heterocycles. The van der Waals surface area contributed by atoms with Crippen LogP contribution in [0.1, 0.15) is 50.0 Å². The largest absolute Gasteiger partial charge is 0.305 e. The zero-order valence-corrected chi connectivity index (χ0v) is 18.1. The Balaban J connectivity index is 1.58. The minimum atomic E-state index is -0.369. The molecule has 5 heteroatoms. The fraction of sp³-hybridized carbons (Fsp3) is 0.269. The summed E-state index contributed by atoms with van der Waals surface area (Å²) in [5, 5.41) is 4.57. The lowest BCUT2D eigenvalue weighted by atomic mass is 9.89. The molecule has 31 heavy (non-hydrogen) atoms. The van der Waals surface area contributed by atoms with Crippen molar-refractivity contribution in [3.8, 4) is 0 Å². The smallest absolute Gasteiger partial charge is 0.259 e. The van der Waals surface area contributed by atoms with Crippen molar-refractivity contribution in [1.82, 2.24) is 9.88 Å². The number of nitrogens with one attached hydrogen (secondary N) is 1. The maximum Gasteiger partial charge on any atom is 0.259 e. The highest BCUT2D eigenvalue weighted by Gasteiger charge is 2.35. The van der Waals surface area contributed by atoms with Crippen molar-refractivity contribution in [3.63, 3.8) is 0 Å². The number of carbonyl (C=O) groups is 1. The zero-order chi connectivity index (χ0) is 22.2. The summed E-state index contributed by atoms with van der Waals surface area (Å²) in [6, 6.07) is 7.44. The number of aromatic nitrogens is 1. The molecule has 2 heterocycles. The highest BCUT2D eigenvalue weighted by atomic mass is 16.2. The number of hydrogen-bond donors (Lipinski definition) is 1. The highest BCUT2D eigenvalue weighted by Crippen LogP contribution is 2.43. The minimum absolute atomic E-state index is 0.00115. The summed E-state index contributed by atoms with van der Waals surface area (Å²) in [7, 11) is 0. The first-order chi connectivity index (χ1) is 14.7. The molecule has 0 bridgehead atoms. The molecule has 1 aromatic heterocycles. The summed E-state index contributed by atoms with van der Waals surface area (Å²) in [5.74, 6) is 0.448. The number of fused-ring (bicyclic) bond motifs is 6. The van der Waals surface area contributed by atoms with Gasteiger partial charge in [-0.3, -0.25) is 19.4 Å². The van der Waals surface area contributed by atoms with Crippen LogP contribution in [0, 0.1) is 5.92 Å². The first-order valence-electron chi connectivity index (χ1n) is 10.6. The van der Waals surface area contributed by atoms with Gasteiger partial charge in [0.15, 0.2) is 0 Å². The van der Waals surface area contributed by atoms with Crippen LogP contribution in [0.2, 0.25) is 0 Å². The maximum absolute atomic E-state index is 13.2. The minimum Gasteiger partial charge on any atom is -0.305 e. The van der Waals surface area contributed by atoms with Gasteiger partial charge in [-0.2, -0.15) is 0 Å². The molecule has 1 aliphatic rings. The molecule has 0 radical (unpaired) electrons. The number of allylic oxidation sites excluding steroid dienone is 1. The van der Waals surface area contributed by atoms with Crippen LogP contribution in [0.5, 0.6) is 0 Å². The van der Waals surface area contributed by atoms with Crippen LogP contribution in [0.4, 0.5) is 0 Å². The number of nitrogens with zero attached hydrogens (tertiary/aromatic N) is 1. The Morgan fingerprint density at radius 1 is 0.903 bits per heavy atom. The van der Waals surface area contributed by atoms with Gasteiger partial charge in [-0.15, -0.1) is 0 Å². The Morgan fingerprint density at radius 3 is 1.97 bits per heavy atom. The molecule has 1 atom stereocenters. The Kier molecular flexibility index (Phi) is 4.09. The standard InChI is InChI=1S/C26H24N2O3/c1-12(2)13(3)6-7-14(4)28-15(5)16-8-17-18-9-21-22(25(30)27-24(21)29)10-19(18)20(17)11-23(16)26(28)31/h6,8-12,14H,5,7H2,1-4H3,(H,27,29,30)/b13-6+. The first-order valence-corrected chi connectivity index (χ1v) is 10.6. The summed E-state index contributed by atoms with van der Waals surface area (Å²) < 4.78 is 0. The van der Waals surface area contributed by atoms with Gasteiger partial charge in [0.25, 0.3) is 17.0 Å². The first kappa shape index (κ1) is 19.5. The van der Waals surface area contributed by atoms with Crippen LogP contribution in [0.3, 0.4) is 0 Å². The molecule has 0 fully saturated rings. The van der Waals surface area contributed by atoms with Gasteiger partial charge in [0.05, 0.1) is 10.8 Å². The quantitative estimate of drug-likeness (QED) is 0.486. The average molecular weight is 412 g/mol. The number of benzene rings is 2. The van der Waals surface area contributed by atoms with Gasteiger partial charge in [0, 0.05) is 22.9 Å². The van der Waals surface area contributed by atoms with E-state index in [0.717, 1.165) is 33.5 Å². The van der Waals surface area contributed by atoms with Gasteiger partial charge < -0.3 is 4.90 Å². The average Bonchev–Trinajstić information content (AvgIpc) is 3.14. The van der Waals surface area contributed by atoms with Crippen molar-refractivity contribution < 1.29 is 4.79 Å². The topological polar surface area (TPSA) is 70.2 Å². The van der Waals surface area contributed by atoms with Crippen molar-refractivity contribution in [1.29, 1.82) is 0 Å². The van der Waals surface area contributed by atoms with Crippen LogP contribution in [0.25, 0.3) is 38.0 Å². The van der Waals surface area contributed by atoms with Gasteiger partial charge in [-0.05, 0) is 72.0 Å². The molecular weight excluding hydrogens is 388 g/mol. The number of carbonyl (C=O) groups excluding carboxylic acids is 1. The zero-order valence-electron chi connectivity index (χ0n) is 18.1. The number of H-pyrrole nitrogens is 1. The van der Waals surface area contributed by atoms with Crippen molar-refractivity contribution in [2.45, 2.75) is 40.2 Å². The molecule has 3 aromatic carbocycles. The van der Waals surface area contributed by atoms with E-state index in [9.17, 15) is 14.4 Å². The van der Waals surface area contributed by atoms with E-state index in [1.54, 1.807) is 17.0 Å². The molecular formula is C26H24N2O3. The Bertz CT molecular complexity index is 1440. The third-order valence-electron chi connectivity index (χ3n) is 6.80. The van der Waals surface area contributed by atoms with E-state index in [0.29, 0.717) is 28.0 Å². The van der Waals surface area contributed by atoms with Gasteiger partial charge in [0.2, 0.25) is 0 Å². The van der Waals surface area contributed by atoms with Gasteiger partial charge in [0.1, 0.15) is 0 Å². The van der Waals surface area contributed by atoms with Crippen LogP contribution >= 0.6 is 0 Å². The maximum atomic E-state index is 13.2. The summed E-state index contributed by atoms with van der Waals surface area (Å²) in [4.78, 5) is 41.4. The fourth-order valence-electron chi connectivity index (χ4n) is 4.60. The van der Waals surface area contributed by atoms with Crippen LogP contribution in [-0.4, -0.2) is 21.8 Å². The summed E-state index contributed by atoms with van der Waals surface area (Å²) in [6.45, 7) is 12.7. The van der Waals surface area contributed by atoms with E-state index in [-0.39, 0.29) is 23.1 Å². The van der Waals surface area contributed by atoms with Crippen LogP contribution in [0.15, 0.2) is 52.1 Å². The lowest BCUT2D eigenvalue weighted by molar-refractivity contribution is 0.0814. The Labute approximate surface area is 179 Å². The van der Waals surface area contributed by atoms with Crippen molar-refractivity contribution in [2.75, 3.05) is 0 Å². The van der Waals surface area contributed by atoms with E-state index in [4.69, 9.17) is 0 Å². The predicted octanol–water partition coefficient (Wildman–Crippen LogP) is 4.88. The molecule has 1 N–H and O–H groups in total. The van der Waals surface area contributed by atoms with Gasteiger partial charge in [-0.25, -0.2) is 0 Å². The highest BCUT2D eigenvalue weighted by molar-refractivity contribution is 6.29. The summed E-state index contributed by atoms with van der Waals surface area (Å²) in [6.07, 6.45) is 2.97. The Morgan fingerprint density at radius 2 is 1.42 bits per heavy atom. The molecule has 0 aliphatic carbocycles. The second-order valence-electron chi connectivity index (χ2n) is 8.98. The molecule has 1 aliphatic heterocycles. The molecule has 5 rings (SSSR count). The van der Waals surface area contributed by atoms with E-state index in [1.807, 2.05) is 19.1 Å². The molecule has 1 unspecified atom stereocenters. The lowest BCUT2D eigenvalue weighted by Gasteiger charge is -2.25. The van der Waals surface area contributed by atoms with Crippen molar-refractivity contribution >= 4 is 43.9 Å². The predicted molar refractivity (Wildman–Crippen MR) is 126 cm³/mol. The van der Waals surface area contributed by atoms with Crippen molar-refractivity contribution in [2.24, 2.45) is 5.92 Å². The SMILES string of the molecule is C=C1c2cc3c(cc2C(=O)N1C(C)C/C=C(\C)C(C)C)c1cc2c(=O)[nH]c(=O)c2cc31. The summed E-state index contributed by atoms with van der Waals surface area (Å²) in [5.41, 5.74) is 2.78. The fourth-order valence-corrected chi connectivity index (χ4v) is 4.60. The molecule has 1 amide bonds. The second kappa shape index (κ2) is 6.51. The molecule has 4 aromatic rings. The number of rotatable bonds is 4. The number of aromatic amines is 1. The van der Waals surface area contributed by atoms with Gasteiger partial charge >= 0.3 is 0 Å². The third-order valence-corrected chi connectivity index (χ3v) is 6.80. The summed E-state index contributed by atoms with van der Waals surface area (Å²) >= 11 is 0. The van der Waals surface area contributed by atoms with E-state index in [2.05, 4.69) is 38.4 Å². The van der Waals surface area contributed by atoms with E-state index < -0.39 is 0 Å². The molecule has 5 nitrogen and oxygen atoms in total. The monoisotopic (exact) mass is 412 g/mol. The Hall–Kier alpha value is -3.47. The lowest BCUT2D eigenvalue weighted by Crippen LogP contribution is -2.32.